The van der Waals surface area contributed by atoms with Crippen molar-refractivity contribution in [3.63, 3.8) is 0 Å². The van der Waals surface area contributed by atoms with Crippen LogP contribution in [0, 0.1) is 5.92 Å². The van der Waals surface area contributed by atoms with Crippen LogP contribution < -0.4 is 14.8 Å². The summed E-state index contributed by atoms with van der Waals surface area (Å²) in [5.74, 6) is -2.58. The lowest BCUT2D eigenvalue weighted by atomic mass is 9.82. The van der Waals surface area contributed by atoms with Crippen molar-refractivity contribution in [2.75, 3.05) is 31.6 Å². The van der Waals surface area contributed by atoms with E-state index in [0.29, 0.717) is 48.1 Å². The Bertz CT molecular complexity index is 1480. The monoisotopic (exact) mass is 592 g/mol. The fourth-order valence-electron chi connectivity index (χ4n) is 6.05. The molecular formula is C32H33ClN2O7. The number of nitrogens with one attached hydrogen (secondary N) is 1. The number of ether oxygens (including phenoxy) is 2. The van der Waals surface area contributed by atoms with Crippen LogP contribution in [0.4, 0.5) is 5.69 Å². The summed E-state index contributed by atoms with van der Waals surface area (Å²) in [5, 5.41) is 23.6. The van der Waals surface area contributed by atoms with Gasteiger partial charge in [-0.25, -0.2) is 4.79 Å². The Hall–Kier alpha value is -4.08. The van der Waals surface area contributed by atoms with Crippen molar-refractivity contribution < 1.29 is 34.1 Å². The largest absolute Gasteiger partial charge is 0.486 e. The van der Waals surface area contributed by atoms with Gasteiger partial charge >= 0.3 is 11.9 Å². The van der Waals surface area contributed by atoms with Crippen LogP contribution in [-0.2, 0) is 22.4 Å². The van der Waals surface area contributed by atoms with Gasteiger partial charge < -0.3 is 25.0 Å². The van der Waals surface area contributed by atoms with E-state index in [1.807, 2.05) is 43.0 Å². The number of benzene rings is 3. The molecule has 0 bridgehead atoms. The second-order valence-electron chi connectivity index (χ2n) is 10.5. The van der Waals surface area contributed by atoms with Crippen molar-refractivity contribution in [3.8, 4) is 11.5 Å². The molecule has 1 fully saturated rings. The van der Waals surface area contributed by atoms with E-state index in [4.69, 9.17) is 21.1 Å². The van der Waals surface area contributed by atoms with Crippen LogP contribution in [0.3, 0.4) is 0 Å². The molecule has 0 aliphatic carbocycles. The van der Waals surface area contributed by atoms with Crippen LogP contribution in [0.1, 0.15) is 58.4 Å². The third-order valence-corrected chi connectivity index (χ3v) is 8.23. The third kappa shape index (κ3) is 5.93. The molecule has 0 saturated carbocycles. The summed E-state index contributed by atoms with van der Waals surface area (Å²) in [6, 6.07) is 14.6. The molecule has 5 rings (SSSR count). The van der Waals surface area contributed by atoms with E-state index in [-0.39, 0.29) is 24.6 Å². The maximum Gasteiger partial charge on any atom is 0.335 e. The van der Waals surface area contributed by atoms with Gasteiger partial charge in [0.15, 0.2) is 11.5 Å². The lowest BCUT2D eigenvalue weighted by molar-refractivity contribution is -0.143. The van der Waals surface area contributed by atoms with Gasteiger partial charge in [-0.3, -0.25) is 14.5 Å². The number of likely N-dealkylation sites (tertiary alicyclic amines) is 1. The number of carbonyl (C=O) groups excluding carboxylic acids is 1. The number of fused-ring (bicyclic) bond motifs is 1. The average Bonchev–Trinajstić information content (AvgIpc) is 3.36. The lowest BCUT2D eigenvalue weighted by Gasteiger charge is -2.27. The van der Waals surface area contributed by atoms with E-state index in [0.717, 1.165) is 22.4 Å². The maximum atomic E-state index is 13.6. The quantitative estimate of drug-likeness (QED) is 0.301. The molecule has 220 valence electrons. The van der Waals surface area contributed by atoms with Crippen molar-refractivity contribution in [2.24, 2.45) is 5.92 Å². The van der Waals surface area contributed by atoms with Gasteiger partial charge in [-0.15, -0.1) is 0 Å². The van der Waals surface area contributed by atoms with E-state index in [2.05, 4.69) is 5.32 Å². The zero-order chi connectivity index (χ0) is 30.0. The van der Waals surface area contributed by atoms with Crippen molar-refractivity contribution in [1.82, 2.24) is 4.90 Å². The molecule has 10 heteroatoms. The van der Waals surface area contributed by atoms with Gasteiger partial charge in [0.2, 0.25) is 5.91 Å². The van der Waals surface area contributed by atoms with Crippen LogP contribution in [0.15, 0.2) is 54.6 Å². The molecule has 9 nitrogen and oxygen atoms in total. The molecule has 3 aromatic carbocycles. The Morgan fingerprint density at radius 1 is 0.905 bits per heavy atom. The minimum atomic E-state index is -1.07. The number of halogens is 1. The van der Waals surface area contributed by atoms with E-state index >= 15 is 0 Å². The summed E-state index contributed by atoms with van der Waals surface area (Å²) >= 11 is 6.31. The summed E-state index contributed by atoms with van der Waals surface area (Å²) in [5.41, 5.74) is 4.06. The minimum absolute atomic E-state index is 0.0644. The Kier molecular flexibility index (Phi) is 8.70. The molecule has 2 aliphatic rings. The summed E-state index contributed by atoms with van der Waals surface area (Å²) in [6.45, 7) is 5.06. The zero-order valence-corrected chi connectivity index (χ0v) is 24.2. The van der Waals surface area contributed by atoms with Crippen LogP contribution >= 0.6 is 11.6 Å². The maximum absolute atomic E-state index is 13.6. The fraction of sp³-hybridized carbons (Fsp3) is 0.344. The highest BCUT2D eigenvalue weighted by Gasteiger charge is 2.48. The van der Waals surface area contributed by atoms with E-state index in [1.165, 1.54) is 12.1 Å². The number of carboxylic acid groups (broad SMARTS) is 2. The van der Waals surface area contributed by atoms with Gasteiger partial charge in [-0.05, 0) is 71.5 Å². The molecule has 1 unspecified atom stereocenters. The second kappa shape index (κ2) is 12.4. The molecule has 2 heterocycles. The van der Waals surface area contributed by atoms with Gasteiger partial charge in [-0.1, -0.05) is 43.6 Å². The number of hydrogen-bond acceptors (Lipinski definition) is 6. The Morgan fingerprint density at radius 2 is 1.52 bits per heavy atom. The molecule has 3 N–H and O–H groups in total. The predicted molar refractivity (Wildman–Crippen MR) is 158 cm³/mol. The molecule has 1 saturated heterocycles. The topological polar surface area (TPSA) is 125 Å². The summed E-state index contributed by atoms with van der Waals surface area (Å²) in [7, 11) is 0. The number of rotatable bonds is 9. The molecule has 2 aliphatic heterocycles. The number of hydrogen-bond donors (Lipinski definition) is 3. The van der Waals surface area contributed by atoms with Gasteiger partial charge in [0.1, 0.15) is 13.2 Å². The van der Waals surface area contributed by atoms with Crippen LogP contribution in [0.2, 0.25) is 5.02 Å². The molecule has 3 atom stereocenters. The summed E-state index contributed by atoms with van der Waals surface area (Å²) in [6.07, 6.45) is 1.36. The summed E-state index contributed by atoms with van der Waals surface area (Å²) in [4.78, 5) is 39.8. The normalized spacial score (nSPS) is 19.8. The first kappa shape index (κ1) is 29.4. The molecule has 3 aromatic rings. The molecule has 42 heavy (non-hydrogen) atoms. The van der Waals surface area contributed by atoms with E-state index < -0.39 is 29.8 Å². The van der Waals surface area contributed by atoms with Gasteiger partial charge in [0.05, 0.1) is 18.0 Å². The van der Waals surface area contributed by atoms with Crippen molar-refractivity contribution in [3.05, 3.63) is 87.4 Å². The van der Waals surface area contributed by atoms with E-state index in [1.54, 1.807) is 18.2 Å². The molecule has 1 amide bonds. The molecular weight excluding hydrogens is 560 g/mol. The third-order valence-electron chi connectivity index (χ3n) is 8.02. The average molecular weight is 593 g/mol. The number of nitrogens with zero attached hydrogens (tertiary/aromatic N) is 1. The predicted octanol–water partition coefficient (Wildman–Crippen LogP) is 5.41. The first-order chi connectivity index (χ1) is 20.2. The van der Waals surface area contributed by atoms with Crippen molar-refractivity contribution >= 4 is 35.1 Å². The summed E-state index contributed by atoms with van der Waals surface area (Å²) < 4.78 is 11.4. The van der Waals surface area contributed by atoms with Crippen LogP contribution in [-0.4, -0.2) is 59.3 Å². The number of anilines is 1. The fourth-order valence-corrected chi connectivity index (χ4v) is 6.31. The van der Waals surface area contributed by atoms with Gasteiger partial charge in [0.25, 0.3) is 0 Å². The highest BCUT2D eigenvalue weighted by atomic mass is 35.5. The van der Waals surface area contributed by atoms with Crippen molar-refractivity contribution in [1.29, 1.82) is 0 Å². The van der Waals surface area contributed by atoms with Crippen LogP contribution in [0.5, 0.6) is 11.5 Å². The minimum Gasteiger partial charge on any atom is -0.486 e. The number of carbonyl (C=O) groups is 3. The Labute approximate surface area is 249 Å². The zero-order valence-electron chi connectivity index (χ0n) is 23.4. The van der Waals surface area contributed by atoms with E-state index in [9.17, 15) is 24.6 Å². The van der Waals surface area contributed by atoms with Gasteiger partial charge in [0, 0.05) is 29.2 Å². The SMILES string of the molecule is CCc1cc(Cl)cc(CC)c1NC(=O)CN1C[C@H](c2ccc3c(c2)OCCO3)C(C(=O)O)[C@@H]1c1ccc(C(=O)O)cc1. The number of amides is 1. The number of carboxylic acids is 2. The van der Waals surface area contributed by atoms with Crippen LogP contribution in [0.25, 0.3) is 0 Å². The standard InChI is InChI=1S/C32H33ClN2O7/c1-3-18-13-23(33)14-19(4-2)29(18)34-27(36)17-35-16-24(22-9-10-25-26(15-22)42-12-11-41-25)28(32(39)40)30(35)20-5-7-21(8-6-20)31(37)38/h5-10,13-15,24,28,30H,3-4,11-12,16-17H2,1-2H3,(H,34,36)(H,37,38)(H,39,40)/t24-,28?,30+/m1/s1. The number of aliphatic carboxylic acids is 1. The first-order valence-electron chi connectivity index (χ1n) is 14.0. The number of aromatic carboxylic acids is 1. The second-order valence-corrected chi connectivity index (χ2v) is 11.0. The molecule has 0 radical (unpaired) electrons. The Balaban J connectivity index is 1.50. The molecule has 0 spiro atoms. The Morgan fingerprint density at radius 3 is 2.12 bits per heavy atom. The highest BCUT2D eigenvalue weighted by molar-refractivity contribution is 6.30. The number of aryl methyl sites for hydroxylation is 2. The smallest absolute Gasteiger partial charge is 0.335 e. The molecule has 0 aromatic heterocycles. The first-order valence-corrected chi connectivity index (χ1v) is 14.4. The van der Waals surface area contributed by atoms with Gasteiger partial charge in [-0.2, -0.15) is 0 Å². The lowest BCUT2D eigenvalue weighted by Crippen LogP contribution is -2.35. The van der Waals surface area contributed by atoms with Crippen molar-refractivity contribution in [2.45, 2.75) is 38.6 Å². The highest BCUT2D eigenvalue weighted by Crippen LogP contribution is 2.47.